The normalized spacial score (nSPS) is 13.2. The Balaban J connectivity index is 2.29. The SMILES string of the molecule is COc1ccc(C(CN)n2cc(C(F)(F)F)cn2)cc1. The minimum Gasteiger partial charge on any atom is -0.497 e. The molecule has 7 heteroatoms. The van der Waals surface area contributed by atoms with E-state index in [9.17, 15) is 13.2 Å². The summed E-state index contributed by atoms with van der Waals surface area (Å²) >= 11 is 0. The van der Waals surface area contributed by atoms with Crippen molar-refractivity contribution in [3.8, 4) is 5.75 Å². The van der Waals surface area contributed by atoms with E-state index in [1.54, 1.807) is 31.4 Å². The molecule has 0 aliphatic carbocycles. The Morgan fingerprint density at radius 2 is 1.95 bits per heavy atom. The molecule has 108 valence electrons. The Bertz CT molecular complexity index is 563. The smallest absolute Gasteiger partial charge is 0.419 e. The molecule has 2 N–H and O–H groups in total. The lowest BCUT2D eigenvalue weighted by molar-refractivity contribution is -0.137. The zero-order valence-electron chi connectivity index (χ0n) is 10.8. The molecule has 0 radical (unpaired) electrons. The lowest BCUT2D eigenvalue weighted by Crippen LogP contribution is -2.21. The summed E-state index contributed by atoms with van der Waals surface area (Å²) < 4.78 is 44.0. The predicted molar refractivity (Wildman–Crippen MR) is 67.4 cm³/mol. The van der Waals surface area contributed by atoms with Crippen LogP contribution in [0.1, 0.15) is 17.2 Å². The molecule has 1 atom stereocenters. The molecule has 0 saturated heterocycles. The number of hydrogen-bond acceptors (Lipinski definition) is 3. The minimum atomic E-state index is -4.41. The lowest BCUT2D eigenvalue weighted by atomic mass is 10.1. The molecule has 0 fully saturated rings. The van der Waals surface area contributed by atoms with E-state index in [0.29, 0.717) is 5.75 Å². The van der Waals surface area contributed by atoms with Gasteiger partial charge < -0.3 is 10.5 Å². The summed E-state index contributed by atoms with van der Waals surface area (Å²) in [6, 6.07) is 6.52. The second-order valence-electron chi connectivity index (χ2n) is 4.23. The van der Waals surface area contributed by atoms with Crippen molar-refractivity contribution in [3.63, 3.8) is 0 Å². The molecular weight excluding hydrogens is 271 g/mol. The summed E-state index contributed by atoms with van der Waals surface area (Å²) in [4.78, 5) is 0. The number of hydrogen-bond donors (Lipinski definition) is 1. The molecule has 0 spiro atoms. The van der Waals surface area contributed by atoms with E-state index >= 15 is 0 Å². The Hall–Kier alpha value is -2.02. The number of nitrogens with two attached hydrogens (primary N) is 1. The molecule has 0 bridgehead atoms. The van der Waals surface area contributed by atoms with E-state index in [-0.39, 0.29) is 6.54 Å². The van der Waals surface area contributed by atoms with Gasteiger partial charge >= 0.3 is 6.18 Å². The lowest BCUT2D eigenvalue weighted by Gasteiger charge is -2.16. The van der Waals surface area contributed by atoms with Crippen molar-refractivity contribution in [2.45, 2.75) is 12.2 Å². The third-order valence-corrected chi connectivity index (χ3v) is 2.97. The maximum Gasteiger partial charge on any atom is 0.419 e. The summed E-state index contributed by atoms with van der Waals surface area (Å²) in [5, 5.41) is 3.76. The highest BCUT2D eigenvalue weighted by atomic mass is 19.4. The fourth-order valence-corrected chi connectivity index (χ4v) is 1.88. The van der Waals surface area contributed by atoms with Crippen molar-refractivity contribution in [3.05, 3.63) is 47.8 Å². The first-order valence-electron chi connectivity index (χ1n) is 5.91. The van der Waals surface area contributed by atoms with Crippen LogP contribution in [0.15, 0.2) is 36.7 Å². The molecule has 1 aromatic carbocycles. The number of rotatable bonds is 4. The van der Waals surface area contributed by atoms with Crippen molar-refractivity contribution in [2.75, 3.05) is 13.7 Å². The van der Waals surface area contributed by atoms with Crippen LogP contribution in [-0.2, 0) is 6.18 Å². The monoisotopic (exact) mass is 285 g/mol. The number of alkyl halides is 3. The summed E-state index contributed by atoms with van der Waals surface area (Å²) in [6.45, 7) is 0.144. The topological polar surface area (TPSA) is 53.1 Å². The Morgan fingerprint density at radius 1 is 1.30 bits per heavy atom. The van der Waals surface area contributed by atoms with Crippen LogP contribution in [0.4, 0.5) is 13.2 Å². The number of aromatic nitrogens is 2. The summed E-state index contributed by atoms with van der Waals surface area (Å²) in [6.07, 6.45) is -2.65. The van der Waals surface area contributed by atoms with Crippen molar-refractivity contribution in [2.24, 2.45) is 5.73 Å². The largest absolute Gasteiger partial charge is 0.497 e. The minimum absolute atomic E-state index is 0.144. The number of nitrogens with zero attached hydrogens (tertiary/aromatic N) is 2. The fourth-order valence-electron chi connectivity index (χ4n) is 1.88. The maximum absolute atomic E-state index is 12.6. The van der Waals surface area contributed by atoms with Crippen LogP contribution < -0.4 is 10.5 Å². The van der Waals surface area contributed by atoms with Crippen molar-refractivity contribution < 1.29 is 17.9 Å². The van der Waals surface area contributed by atoms with Gasteiger partial charge in [-0.3, -0.25) is 4.68 Å². The Morgan fingerprint density at radius 3 is 2.40 bits per heavy atom. The van der Waals surface area contributed by atoms with E-state index in [2.05, 4.69) is 5.10 Å². The van der Waals surface area contributed by atoms with Gasteiger partial charge in [0.2, 0.25) is 0 Å². The van der Waals surface area contributed by atoms with Crippen LogP contribution in [0.3, 0.4) is 0 Å². The van der Waals surface area contributed by atoms with Gasteiger partial charge in [-0.15, -0.1) is 0 Å². The first-order chi connectivity index (χ1) is 9.45. The van der Waals surface area contributed by atoms with E-state index in [1.807, 2.05) is 0 Å². The van der Waals surface area contributed by atoms with Gasteiger partial charge in [-0.2, -0.15) is 18.3 Å². The maximum atomic E-state index is 12.6. The summed E-state index contributed by atoms with van der Waals surface area (Å²) in [5.41, 5.74) is 5.63. The number of methoxy groups -OCH3 is 1. The second kappa shape index (κ2) is 5.54. The molecule has 2 aromatic rings. The van der Waals surface area contributed by atoms with Gasteiger partial charge in [0.05, 0.1) is 24.9 Å². The fraction of sp³-hybridized carbons (Fsp3) is 0.308. The van der Waals surface area contributed by atoms with Crippen LogP contribution in [-0.4, -0.2) is 23.4 Å². The Kier molecular flexibility index (Phi) is 3.99. The van der Waals surface area contributed by atoms with Crippen LogP contribution >= 0.6 is 0 Å². The van der Waals surface area contributed by atoms with Crippen molar-refractivity contribution in [1.29, 1.82) is 0 Å². The van der Waals surface area contributed by atoms with Crippen LogP contribution in [0.25, 0.3) is 0 Å². The molecular formula is C13H14F3N3O. The summed E-state index contributed by atoms with van der Waals surface area (Å²) in [5.74, 6) is 0.668. The molecule has 20 heavy (non-hydrogen) atoms. The number of halogens is 3. The molecule has 1 heterocycles. The molecule has 0 aliphatic rings. The molecule has 0 saturated carbocycles. The van der Waals surface area contributed by atoms with E-state index < -0.39 is 17.8 Å². The highest BCUT2D eigenvalue weighted by Gasteiger charge is 2.32. The zero-order valence-corrected chi connectivity index (χ0v) is 10.8. The van der Waals surface area contributed by atoms with Crippen LogP contribution in [0.2, 0.25) is 0 Å². The highest BCUT2D eigenvalue weighted by molar-refractivity contribution is 5.30. The standard InChI is InChI=1S/C13H14F3N3O/c1-20-11-4-2-9(3-5-11)12(6-17)19-8-10(7-18-19)13(14,15)16/h2-5,7-8,12H,6,17H2,1H3. The van der Waals surface area contributed by atoms with Gasteiger partial charge in [-0.05, 0) is 17.7 Å². The Labute approximate surface area is 114 Å². The third kappa shape index (κ3) is 2.93. The molecule has 0 amide bonds. The quantitative estimate of drug-likeness (QED) is 0.938. The first-order valence-corrected chi connectivity index (χ1v) is 5.91. The number of ether oxygens (including phenoxy) is 1. The van der Waals surface area contributed by atoms with Gasteiger partial charge in [0.25, 0.3) is 0 Å². The van der Waals surface area contributed by atoms with Crippen molar-refractivity contribution in [1.82, 2.24) is 9.78 Å². The van der Waals surface area contributed by atoms with E-state index in [0.717, 1.165) is 18.0 Å². The van der Waals surface area contributed by atoms with E-state index in [4.69, 9.17) is 10.5 Å². The molecule has 1 aromatic heterocycles. The first kappa shape index (κ1) is 14.4. The molecule has 1 unspecified atom stereocenters. The van der Waals surface area contributed by atoms with Gasteiger partial charge in [-0.1, -0.05) is 12.1 Å². The van der Waals surface area contributed by atoms with E-state index in [1.165, 1.54) is 4.68 Å². The third-order valence-electron chi connectivity index (χ3n) is 2.97. The highest BCUT2D eigenvalue weighted by Crippen LogP contribution is 2.30. The molecule has 4 nitrogen and oxygen atoms in total. The van der Waals surface area contributed by atoms with Crippen LogP contribution in [0, 0.1) is 0 Å². The van der Waals surface area contributed by atoms with Crippen molar-refractivity contribution >= 4 is 0 Å². The molecule has 0 aliphatic heterocycles. The van der Waals surface area contributed by atoms with Crippen LogP contribution in [0.5, 0.6) is 5.75 Å². The molecule has 2 rings (SSSR count). The summed E-state index contributed by atoms with van der Waals surface area (Å²) in [7, 11) is 1.54. The average molecular weight is 285 g/mol. The van der Waals surface area contributed by atoms with Gasteiger partial charge in [-0.25, -0.2) is 0 Å². The van der Waals surface area contributed by atoms with Gasteiger partial charge in [0.1, 0.15) is 5.75 Å². The number of benzene rings is 1. The average Bonchev–Trinajstić information content (AvgIpc) is 2.90. The second-order valence-corrected chi connectivity index (χ2v) is 4.23. The van der Waals surface area contributed by atoms with Gasteiger partial charge in [0.15, 0.2) is 0 Å². The predicted octanol–water partition coefficient (Wildman–Crippen LogP) is 2.46. The zero-order chi connectivity index (χ0) is 14.8. The van der Waals surface area contributed by atoms with Gasteiger partial charge in [0, 0.05) is 12.7 Å².